The van der Waals surface area contributed by atoms with Crippen LogP contribution in [0, 0.1) is 6.92 Å². The molecule has 1 heteroatoms. The van der Waals surface area contributed by atoms with E-state index in [-0.39, 0.29) is 0 Å². The zero-order valence-corrected chi connectivity index (χ0v) is 11.9. The van der Waals surface area contributed by atoms with Crippen LogP contribution in [0.4, 0.5) is 0 Å². The van der Waals surface area contributed by atoms with Gasteiger partial charge in [-0.05, 0) is 29.7 Å². The summed E-state index contributed by atoms with van der Waals surface area (Å²) in [4.78, 5) is 0. The Morgan fingerprint density at radius 2 is 1.45 bits per heavy atom. The van der Waals surface area contributed by atoms with Gasteiger partial charge in [-0.2, -0.15) is 0 Å². The maximum atomic E-state index is 2.26. The van der Waals surface area contributed by atoms with E-state index < -0.39 is 0 Å². The van der Waals surface area contributed by atoms with Gasteiger partial charge in [-0.1, -0.05) is 48.5 Å². The van der Waals surface area contributed by atoms with E-state index in [1.54, 1.807) is 0 Å². The molecule has 1 aromatic heterocycles. The lowest BCUT2D eigenvalue weighted by molar-refractivity contribution is -0.660. The fourth-order valence-electron chi connectivity index (χ4n) is 2.51. The van der Waals surface area contributed by atoms with Crippen molar-refractivity contribution >= 4 is 0 Å². The lowest BCUT2D eigenvalue weighted by Crippen LogP contribution is -2.30. The maximum Gasteiger partial charge on any atom is 0.213 e. The zero-order valence-electron chi connectivity index (χ0n) is 11.9. The van der Waals surface area contributed by atoms with E-state index in [1.807, 2.05) is 0 Å². The minimum atomic E-state index is 1.24. The van der Waals surface area contributed by atoms with E-state index in [9.17, 15) is 0 Å². The molecule has 0 unspecified atom stereocenters. The molecule has 0 bridgehead atoms. The summed E-state index contributed by atoms with van der Waals surface area (Å²) in [6.45, 7) is 2.16. The Morgan fingerprint density at radius 3 is 2.20 bits per heavy atom. The quantitative estimate of drug-likeness (QED) is 0.609. The SMILES string of the molecule is Cc1ccccc1-c1cc(-c2ccccc2)cc[n+]1C. The van der Waals surface area contributed by atoms with Crippen LogP contribution in [-0.4, -0.2) is 0 Å². The molecule has 2 aromatic carbocycles. The van der Waals surface area contributed by atoms with Crippen molar-refractivity contribution in [3.8, 4) is 22.4 Å². The Balaban J connectivity index is 2.15. The second-order valence-electron chi connectivity index (χ2n) is 5.09. The van der Waals surface area contributed by atoms with Crippen molar-refractivity contribution in [1.82, 2.24) is 0 Å². The molecule has 0 amide bonds. The number of rotatable bonds is 2. The van der Waals surface area contributed by atoms with Crippen LogP contribution in [0.1, 0.15) is 5.56 Å². The molecule has 0 spiro atoms. The fourth-order valence-corrected chi connectivity index (χ4v) is 2.51. The fraction of sp³-hybridized carbons (Fsp3) is 0.105. The Morgan fingerprint density at radius 1 is 0.750 bits per heavy atom. The zero-order chi connectivity index (χ0) is 13.9. The summed E-state index contributed by atoms with van der Waals surface area (Å²) >= 11 is 0. The van der Waals surface area contributed by atoms with Crippen LogP contribution in [0.2, 0.25) is 0 Å². The predicted octanol–water partition coefficient (Wildman–Crippen LogP) is 4.15. The first-order valence-electron chi connectivity index (χ1n) is 6.87. The molecular weight excluding hydrogens is 242 g/mol. The van der Waals surface area contributed by atoms with Crippen molar-refractivity contribution in [3.05, 3.63) is 78.5 Å². The molecule has 0 aliphatic rings. The smallest absolute Gasteiger partial charge is 0.201 e. The van der Waals surface area contributed by atoms with Gasteiger partial charge in [0.2, 0.25) is 5.69 Å². The topological polar surface area (TPSA) is 3.88 Å². The minimum absolute atomic E-state index is 1.24. The van der Waals surface area contributed by atoms with Crippen LogP contribution in [0.15, 0.2) is 72.9 Å². The van der Waals surface area contributed by atoms with Crippen LogP contribution < -0.4 is 4.57 Å². The third kappa shape index (κ3) is 2.35. The van der Waals surface area contributed by atoms with Crippen molar-refractivity contribution < 1.29 is 4.57 Å². The molecule has 98 valence electrons. The summed E-state index contributed by atoms with van der Waals surface area (Å²) in [6.07, 6.45) is 2.13. The molecule has 0 saturated heterocycles. The van der Waals surface area contributed by atoms with E-state index in [0.717, 1.165) is 0 Å². The van der Waals surface area contributed by atoms with E-state index in [1.165, 1.54) is 27.9 Å². The van der Waals surface area contributed by atoms with Gasteiger partial charge < -0.3 is 0 Å². The lowest BCUT2D eigenvalue weighted by atomic mass is 10.0. The second kappa shape index (κ2) is 5.30. The van der Waals surface area contributed by atoms with Crippen molar-refractivity contribution in [2.45, 2.75) is 6.92 Å². The average molecular weight is 260 g/mol. The van der Waals surface area contributed by atoms with Crippen molar-refractivity contribution in [3.63, 3.8) is 0 Å². The Bertz CT molecular complexity index is 730. The van der Waals surface area contributed by atoms with Crippen molar-refractivity contribution in [1.29, 1.82) is 0 Å². The van der Waals surface area contributed by atoms with E-state index in [4.69, 9.17) is 0 Å². The number of aromatic nitrogens is 1. The van der Waals surface area contributed by atoms with Gasteiger partial charge in [-0.3, -0.25) is 0 Å². The van der Waals surface area contributed by atoms with Crippen LogP contribution in [0.3, 0.4) is 0 Å². The Kier molecular flexibility index (Phi) is 3.34. The molecule has 0 aliphatic heterocycles. The summed E-state index contributed by atoms with van der Waals surface area (Å²) in [5.41, 5.74) is 6.33. The van der Waals surface area contributed by atoms with Gasteiger partial charge in [0.05, 0.1) is 0 Å². The Labute approximate surface area is 120 Å². The summed E-state index contributed by atoms with van der Waals surface area (Å²) in [6, 6.07) is 23.4. The number of nitrogens with zero attached hydrogens (tertiary/aromatic N) is 1. The van der Waals surface area contributed by atoms with Crippen LogP contribution in [0.25, 0.3) is 22.4 Å². The highest BCUT2D eigenvalue weighted by Crippen LogP contribution is 2.25. The highest BCUT2D eigenvalue weighted by atomic mass is 14.9. The highest BCUT2D eigenvalue weighted by Gasteiger charge is 2.13. The monoisotopic (exact) mass is 260 g/mol. The highest BCUT2D eigenvalue weighted by molar-refractivity contribution is 5.69. The molecule has 3 rings (SSSR count). The Hall–Kier alpha value is -2.41. The van der Waals surface area contributed by atoms with Crippen LogP contribution >= 0.6 is 0 Å². The third-order valence-corrected chi connectivity index (χ3v) is 3.68. The maximum absolute atomic E-state index is 2.26. The molecule has 1 heterocycles. The minimum Gasteiger partial charge on any atom is -0.201 e. The van der Waals surface area contributed by atoms with Gasteiger partial charge in [0.15, 0.2) is 6.20 Å². The third-order valence-electron chi connectivity index (χ3n) is 3.68. The molecule has 0 saturated carbocycles. The summed E-state index contributed by atoms with van der Waals surface area (Å²) < 4.78 is 2.18. The number of hydrogen-bond donors (Lipinski definition) is 0. The molecular formula is C19H18N+. The van der Waals surface area contributed by atoms with Crippen molar-refractivity contribution in [2.75, 3.05) is 0 Å². The van der Waals surface area contributed by atoms with E-state index in [0.29, 0.717) is 0 Å². The van der Waals surface area contributed by atoms with Gasteiger partial charge in [-0.25, -0.2) is 4.57 Å². The largest absolute Gasteiger partial charge is 0.213 e. The molecule has 20 heavy (non-hydrogen) atoms. The standard InChI is InChI=1S/C19H18N/c1-15-8-6-7-11-18(15)19-14-17(12-13-20(19)2)16-9-4-3-5-10-16/h3-14H,1-2H3/q+1. The first kappa shape index (κ1) is 12.6. The van der Waals surface area contributed by atoms with Gasteiger partial charge >= 0.3 is 0 Å². The van der Waals surface area contributed by atoms with Gasteiger partial charge in [0.1, 0.15) is 7.05 Å². The number of aryl methyl sites for hydroxylation is 2. The van der Waals surface area contributed by atoms with Crippen LogP contribution in [0.5, 0.6) is 0 Å². The molecule has 1 nitrogen and oxygen atoms in total. The van der Waals surface area contributed by atoms with Gasteiger partial charge in [0.25, 0.3) is 0 Å². The molecule has 0 atom stereocenters. The lowest BCUT2D eigenvalue weighted by Gasteiger charge is -2.06. The molecule has 3 aromatic rings. The predicted molar refractivity (Wildman–Crippen MR) is 83.2 cm³/mol. The second-order valence-corrected chi connectivity index (χ2v) is 5.09. The number of pyridine rings is 1. The van der Waals surface area contributed by atoms with E-state index in [2.05, 4.69) is 91.5 Å². The summed E-state index contributed by atoms with van der Waals surface area (Å²) in [7, 11) is 2.09. The summed E-state index contributed by atoms with van der Waals surface area (Å²) in [5.74, 6) is 0. The molecule has 0 fully saturated rings. The average Bonchev–Trinajstić information content (AvgIpc) is 2.49. The normalized spacial score (nSPS) is 10.5. The first-order valence-corrected chi connectivity index (χ1v) is 6.87. The summed E-state index contributed by atoms with van der Waals surface area (Å²) in [5, 5.41) is 0. The van der Waals surface area contributed by atoms with E-state index >= 15 is 0 Å². The van der Waals surface area contributed by atoms with Gasteiger partial charge in [-0.15, -0.1) is 0 Å². The molecule has 0 N–H and O–H groups in total. The van der Waals surface area contributed by atoms with Crippen molar-refractivity contribution in [2.24, 2.45) is 7.05 Å². The number of benzene rings is 2. The molecule has 0 radical (unpaired) electrons. The van der Waals surface area contributed by atoms with Crippen LogP contribution in [-0.2, 0) is 7.05 Å². The first-order chi connectivity index (χ1) is 9.75. The van der Waals surface area contributed by atoms with Gasteiger partial charge in [0, 0.05) is 17.7 Å². The molecule has 0 aliphatic carbocycles. The number of hydrogen-bond acceptors (Lipinski definition) is 0.